The van der Waals surface area contributed by atoms with Gasteiger partial charge < -0.3 is 0 Å². The Morgan fingerprint density at radius 3 is 2.88 bits per heavy atom. The van der Waals surface area contributed by atoms with E-state index >= 15 is 0 Å². The van der Waals surface area contributed by atoms with Crippen molar-refractivity contribution in [2.45, 2.75) is 19.4 Å². The lowest BCUT2D eigenvalue weighted by Gasteiger charge is -2.15. The number of aryl methyl sites for hydroxylation is 2. The van der Waals surface area contributed by atoms with Gasteiger partial charge >= 0.3 is 0 Å². The topological polar surface area (TPSA) is 68.8 Å². The highest BCUT2D eigenvalue weighted by Gasteiger charge is 2.14. The molecule has 0 saturated heterocycles. The molecule has 2 rings (SSSR count). The molecule has 0 saturated carbocycles. The Morgan fingerprint density at radius 2 is 2.29 bits per heavy atom. The maximum Gasteiger partial charge on any atom is 0.0770 e. The van der Waals surface area contributed by atoms with Gasteiger partial charge in [0.2, 0.25) is 0 Å². The predicted octanol–water partition coefficient (Wildman–Crippen LogP) is 0.871. The highest BCUT2D eigenvalue weighted by atomic mass is 15.4. The van der Waals surface area contributed by atoms with E-state index < -0.39 is 0 Å². The molecule has 3 N–H and O–H groups in total. The molecule has 0 amide bonds. The van der Waals surface area contributed by atoms with Gasteiger partial charge in [0.1, 0.15) is 0 Å². The number of nitrogens with one attached hydrogen (secondary N) is 1. The number of aromatic nitrogens is 3. The lowest BCUT2D eigenvalue weighted by atomic mass is 10.0. The first-order chi connectivity index (χ1) is 8.20. The molecule has 0 spiro atoms. The van der Waals surface area contributed by atoms with Crippen molar-refractivity contribution in [1.82, 2.24) is 20.4 Å². The molecule has 1 atom stereocenters. The van der Waals surface area contributed by atoms with Crippen LogP contribution in [0.1, 0.15) is 22.9 Å². The number of nitrogens with zero attached hydrogens (tertiary/aromatic N) is 3. The molecule has 0 aliphatic heterocycles. The first kappa shape index (κ1) is 11.8. The van der Waals surface area contributed by atoms with Crippen molar-refractivity contribution in [2.24, 2.45) is 12.9 Å². The van der Waals surface area contributed by atoms with Crippen molar-refractivity contribution in [3.63, 3.8) is 0 Å². The zero-order chi connectivity index (χ0) is 12.3. The number of hydrogen-bond acceptors (Lipinski definition) is 4. The van der Waals surface area contributed by atoms with Crippen LogP contribution in [0.2, 0.25) is 0 Å². The minimum atomic E-state index is 0.0248. The Hall–Kier alpha value is -1.72. The summed E-state index contributed by atoms with van der Waals surface area (Å²) in [7, 11) is 1.86. The standard InChI is InChI=1S/C12H17N5/c1-9-4-3-5-10(6-9)7-11(15-13)12-8-14-16-17(12)2/h3-6,8,11,15H,7,13H2,1-2H3. The molecule has 5 heteroatoms. The minimum absolute atomic E-state index is 0.0248. The van der Waals surface area contributed by atoms with E-state index in [1.807, 2.05) is 7.05 Å². The second-order valence-electron chi connectivity index (χ2n) is 4.19. The van der Waals surface area contributed by atoms with Crippen LogP contribution in [0, 0.1) is 6.92 Å². The first-order valence-corrected chi connectivity index (χ1v) is 5.57. The van der Waals surface area contributed by atoms with Crippen LogP contribution >= 0.6 is 0 Å². The van der Waals surface area contributed by atoms with Crippen LogP contribution in [0.3, 0.4) is 0 Å². The number of benzene rings is 1. The minimum Gasteiger partial charge on any atom is -0.271 e. The van der Waals surface area contributed by atoms with Crippen molar-refractivity contribution in [3.8, 4) is 0 Å². The van der Waals surface area contributed by atoms with E-state index in [0.717, 1.165) is 12.1 Å². The Bertz CT molecular complexity index is 491. The molecule has 1 unspecified atom stereocenters. The monoisotopic (exact) mass is 231 g/mol. The van der Waals surface area contributed by atoms with Crippen molar-refractivity contribution in [3.05, 3.63) is 47.3 Å². The second-order valence-corrected chi connectivity index (χ2v) is 4.19. The summed E-state index contributed by atoms with van der Waals surface area (Å²) in [6, 6.07) is 8.42. The third kappa shape index (κ3) is 2.69. The van der Waals surface area contributed by atoms with Gasteiger partial charge in [-0.2, -0.15) is 0 Å². The van der Waals surface area contributed by atoms with E-state index in [9.17, 15) is 0 Å². The Balaban J connectivity index is 2.19. The van der Waals surface area contributed by atoms with E-state index in [0.29, 0.717) is 0 Å². The van der Waals surface area contributed by atoms with Gasteiger partial charge in [-0.25, -0.2) is 0 Å². The zero-order valence-electron chi connectivity index (χ0n) is 10.1. The van der Waals surface area contributed by atoms with Crippen molar-refractivity contribution >= 4 is 0 Å². The van der Waals surface area contributed by atoms with Crippen LogP contribution in [-0.4, -0.2) is 15.0 Å². The summed E-state index contributed by atoms with van der Waals surface area (Å²) in [6.07, 6.45) is 2.56. The summed E-state index contributed by atoms with van der Waals surface area (Å²) in [5.74, 6) is 5.60. The Morgan fingerprint density at radius 1 is 1.47 bits per heavy atom. The molecule has 0 aliphatic carbocycles. The highest BCUT2D eigenvalue weighted by molar-refractivity contribution is 5.24. The van der Waals surface area contributed by atoms with E-state index in [-0.39, 0.29) is 6.04 Å². The molecule has 0 bridgehead atoms. The van der Waals surface area contributed by atoms with Crippen LogP contribution in [-0.2, 0) is 13.5 Å². The summed E-state index contributed by atoms with van der Waals surface area (Å²) >= 11 is 0. The van der Waals surface area contributed by atoms with Gasteiger partial charge in [0.25, 0.3) is 0 Å². The summed E-state index contributed by atoms with van der Waals surface area (Å²) in [6.45, 7) is 2.08. The summed E-state index contributed by atoms with van der Waals surface area (Å²) in [4.78, 5) is 0. The highest BCUT2D eigenvalue weighted by Crippen LogP contribution is 2.16. The smallest absolute Gasteiger partial charge is 0.0770 e. The van der Waals surface area contributed by atoms with E-state index in [1.165, 1.54) is 11.1 Å². The maximum absolute atomic E-state index is 5.60. The Kier molecular flexibility index (Phi) is 3.51. The van der Waals surface area contributed by atoms with E-state index in [1.54, 1.807) is 10.9 Å². The van der Waals surface area contributed by atoms with Gasteiger partial charge in [0, 0.05) is 7.05 Å². The largest absolute Gasteiger partial charge is 0.271 e. The molecule has 5 nitrogen and oxygen atoms in total. The first-order valence-electron chi connectivity index (χ1n) is 5.57. The SMILES string of the molecule is Cc1cccc(CC(NN)c2cnnn2C)c1. The van der Waals surface area contributed by atoms with E-state index in [2.05, 4.69) is 46.9 Å². The van der Waals surface area contributed by atoms with Gasteiger partial charge in [-0.15, -0.1) is 5.10 Å². The Labute approximate surface area is 101 Å². The molecular weight excluding hydrogens is 214 g/mol. The van der Waals surface area contributed by atoms with E-state index in [4.69, 9.17) is 5.84 Å². The quantitative estimate of drug-likeness (QED) is 0.605. The average molecular weight is 231 g/mol. The second kappa shape index (κ2) is 5.07. The van der Waals surface area contributed by atoms with Crippen molar-refractivity contribution in [1.29, 1.82) is 0 Å². The molecule has 0 radical (unpaired) electrons. The summed E-state index contributed by atoms with van der Waals surface area (Å²) in [5.41, 5.74) is 6.29. The number of hydrazine groups is 1. The van der Waals surface area contributed by atoms with Gasteiger partial charge in [-0.05, 0) is 18.9 Å². The lowest BCUT2D eigenvalue weighted by Crippen LogP contribution is -2.31. The molecule has 90 valence electrons. The molecule has 1 heterocycles. The normalized spacial score (nSPS) is 12.6. The lowest BCUT2D eigenvalue weighted by molar-refractivity contribution is 0.507. The average Bonchev–Trinajstić information content (AvgIpc) is 2.72. The van der Waals surface area contributed by atoms with Crippen LogP contribution in [0.25, 0.3) is 0 Å². The fraction of sp³-hybridized carbons (Fsp3) is 0.333. The van der Waals surface area contributed by atoms with Crippen LogP contribution in [0.4, 0.5) is 0 Å². The number of hydrogen-bond donors (Lipinski definition) is 2. The fourth-order valence-electron chi connectivity index (χ4n) is 1.94. The molecule has 0 fully saturated rings. The summed E-state index contributed by atoms with van der Waals surface area (Å²) < 4.78 is 1.74. The maximum atomic E-state index is 5.60. The van der Waals surface area contributed by atoms with Crippen molar-refractivity contribution in [2.75, 3.05) is 0 Å². The van der Waals surface area contributed by atoms with Gasteiger partial charge in [0.15, 0.2) is 0 Å². The van der Waals surface area contributed by atoms with Crippen LogP contribution in [0.15, 0.2) is 30.5 Å². The molecule has 2 aromatic rings. The number of rotatable bonds is 4. The van der Waals surface area contributed by atoms with Gasteiger partial charge in [-0.1, -0.05) is 35.0 Å². The summed E-state index contributed by atoms with van der Waals surface area (Å²) in [5, 5.41) is 7.78. The predicted molar refractivity (Wildman–Crippen MR) is 66.0 cm³/mol. The van der Waals surface area contributed by atoms with Crippen molar-refractivity contribution < 1.29 is 0 Å². The fourth-order valence-corrected chi connectivity index (χ4v) is 1.94. The van der Waals surface area contributed by atoms with Crippen LogP contribution in [0.5, 0.6) is 0 Å². The third-order valence-corrected chi connectivity index (χ3v) is 2.83. The zero-order valence-corrected chi connectivity index (χ0v) is 10.1. The molecule has 0 aliphatic rings. The molecular formula is C12H17N5. The number of nitrogens with two attached hydrogens (primary N) is 1. The van der Waals surface area contributed by atoms with Crippen LogP contribution < -0.4 is 11.3 Å². The molecule has 17 heavy (non-hydrogen) atoms. The molecule has 1 aromatic heterocycles. The van der Waals surface area contributed by atoms with Gasteiger partial charge in [-0.3, -0.25) is 16.0 Å². The van der Waals surface area contributed by atoms with Gasteiger partial charge in [0.05, 0.1) is 17.9 Å². The molecule has 1 aromatic carbocycles. The third-order valence-electron chi connectivity index (χ3n) is 2.83.